The Morgan fingerprint density at radius 3 is 1.30 bits per heavy atom. The van der Waals surface area contributed by atoms with Crippen LogP contribution in [0.2, 0.25) is 10.0 Å². The van der Waals surface area contributed by atoms with Crippen LogP contribution in [-0.4, -0.2) is 38.6 Å². The van der Waals surface area contributed by atoms with E-state index in [1.165, 1.54) is 12.4 Å². The largest absolute Gasteiger partial charge is 2.00 e. The van der Waals surface area contributed by atoms with Crippen LogP contribution in [0.25, 0.3) is 0 Å². The summed E-state index contributed by atoms with van der Waals surface area (Å²) in [6.45, 7) is 11.5. The Bertz CT molecular complexity index is 1160. The molecule has 0 radical (unpaired) electrons. The third-order valence-electron chi connectivity index (χ3n) is 5.95. The number of benzene rings is 3. The van der Waals surface area contributed by atoms with Crippen LogP contribution in [0.5, 0.6) is 11.5 Å². The Hall–Kier alpha value is -2.53. The van der Waals surface area contributed by atoms with E-state index in [2.05, 4.69) is 19.8 Å². The molecule has 0 saturated heterocycles. The summed E-state index contributed by atoms with van der Waals surface area (Å²) in [5.74, 6) is -0.255. The number of anilines is 2. The van der Waals surface area contributed by atoms with E-state index in [1.807, 2.05) is 39.8 Å². The maximum atomic E-state index is 12.6. The first-order valence-corrected chi connectivity index (χ1v) is 12.8. The fraction of sp³-hybridized carbons (Fsp3) is 0.286. The van der Waals surface area contributed by atoms with Gasteiger partial charge in [0.2, 0.25) is 0 Å². The van der Waals surface area contributed by atoms with Gasteiger partial charge in [0.15, 0.2) is 0 Å². The zero-order valence-electron chi connectivity index (χ0n) is 21.3. The molecule has 0 N–H and O–H groups in total. The van der Waals surface area contributed by atoms with E-state index in [-0.39, 0.29) is 32.6 Å². The molecule has 0 aromatic heterocycles. The molecule has 3 rings (SSSR count). The zero-order chi connectivity index (χ0) is 26.2. The van der Waals surface area contributed by atoms with E-state index in [1.54, 1.807) is 36.4 Å². The number of rotatable bonds is 10. The minimum atomic E-state index is -0.127. The van der Waals surface area contributed by atoms with Crippen LogP contribution in [0, 0.1) is 0 Å². The molecule has 0 heterocycles. The molecule has 0 atom stereocenters. The van der Waals surface area contributed by atoms with Crippen LogP contribution in [0.15, 0.2) is 58.5 Å². The van der Waals surface area contributed by atoms with Gasteiger partial charge in [0.1, 0.15) is 0 Å². The van der Waals surface area contributed by atoms with E-state index < -0.39 is 0 Å². The molecule has 0 aliphatic carbocycles. The van der Waals surface area contributed by atoms with Gasteiger partial charge in [-0.25, -0.2) is 0 Å². The maximum Gasteiger partial charge on any atom is 2.00 e. The van der Waals surface area contributed by atoms with Gasteiger partial charge in [-0.05, 0) is 75.2 Å². The van der Waals surface area contributed by atoms with Gasteiger partial charge in [0.25, 0.3) is 0 Å². The molecular formula is C28H30Cl2N4O2Pt. The minimum Gasteiger partial charge on any atom is -0.872 e. The van der Waals surface area contributed by atoms with Crippen molar-refractivity contribution in [2.45, 2.75) is 27.7 Å². The Labute approximate surface area is 243 Å². The van der Waals surface area contributed by atoms with Crippen molar-refractivity contribution in [2.24, 2.45) is 9.98 Å². The molecule has 0 amide bonds. The molecule has 37 heavy (non-hydrogen) atoms. The van der Waals surface area contributed by atoms with Gasteiger partial charge >= 0.3 is 21.1 Å². The summed E-state index contributed by atoms with van der Waals surface area (Å²) in [4.78, 5) is 13.1. The van der Waals surface area contributed by atoms with Gasteiger partial charge in [-0.15, -0.1) is 0 Å². The van der Waals surface area contributed by atoms with Crippen molar-refractivity contribution in [3.05, 3.63) is 69.7 Å². The second kappa shape index (κ2) is 14.4. The Morgan fingerprint density at radius 2 is 1.00 bits per heavy atom. The molecule has 0 aliphatic rings. The third-order valence-corrected chi connectivity index (χ3v) is 6.68. The second-order valence-corrected chi connectivity index (χ2v) is 8.87. The summed E-state index contributed by atoms with van der Waals surface area (Å²) in [7, 11) is 0. The van der Waals surface area contributed by atoms with E-state index in [9.17, 15) is 10.2 Å². The van der Waals surface area contributed by atoms with Gasteiger partial charge in [0.05, 0.1) is 21.4 Å². The zero-order valence-corrected chi connectivity index (χ0v) is 25.1. The topological polar surface area (TPSA) is 77.3 Å². The molecule has 0 fully saturated rings. The number of hydrogen-bond donors (Lipinski definition) is 0. The van der Waals surface area contributed by atoms with Crippen molar-refractivity contribution in [3.8, 4) is 11.5 Å². The molecular weight excluding hydrogens is 690 g/mol. The molecule has 3 aromatic rings. The monoisotopic (exact) mass is 719 g/mol. The maximum absolute atomic E-state index is 12.6. The second-order valence-electron chi connectivity index (χ2n) is 8.06. The number of aliphatic imine (C=N–C) groups is 2. The van der Waals surface area contributed by atoms with Gasteiger partial charge in [-0.3, -0.25) is 9.98 Å². The van der Waals surface area contributed by atoms with Crippen molar-refractivity contribution < 1.29 is 31.3 Å². The summed E-state index contributed by atoms with van der Waals surface area (Å²) < 4.78 is 0. The first-order chi connectivity index (χ1) is 17.3. The van der Waals surface area contributed by atoms with Crippen molar-refractivity contribution in [2.75, 3.05) is 36.0 Å². The summed E-state index contributed by atoms with van der Waals surface area (Å²) in [5, 5.41) is 25.9. The van der Waals surface area contributed by atoms with E-state index >= 15 is 0 Å². The molecule has 0 saturated carbocycles. The Balaban J connectivity index is 0.00000481. The Morgan fingerprint density at radius 1 is 0.649 bits per heavy atom. The number of hydrogen-bond acceptors (Lipinski definition) is 6. The van der Waals surface area contributed by atoms with Gasteiger partial charge in [0, 0.05) is 50.0 Å². The van der Waals surface area contributed by atoms with Gasteiger partial charge in [-0.1, -0.05) is 46.8 Å². The van der Waals surface area contributed by atoms with Gasteiger partial charge < -0.3 is 20.0 Å². The fourth-order valence-electron chi connectivity index (χ4n) is 3.84. The molecule has 198 valence electrons. The molecule has 0 spiro atoms. The number of nitrogens with zero attached hydrogens (tertiary/aromatic N) is 4. The fourth-order valence-corrected chi connectivity index (χ4v) is 4.16. The SMILES string of the molecule is CCN(CC)c1ccc(C=Nc2cc(Cl)c(Cl)cc2N=Cc2ccc(N(CC)CC)cc2[O-])c([O-])c1.[Pt+2]. The van der Waals surface area contributed by atoms with Crippen molar-refractivity contribution in [1.29, 1.82) is 0 Å². The third kappa shape index (κ3) is 7.73. The molecule has 6 nitrogen and oxygen atoms in total. The minimum absolute atomic E-state index is 0. The summed E-state index contributed by atoms with van der Waals surface area (Å²) in [6, 6.07) is 13.7. The predicted octanol–water partition coefficient (Wildman–Crippen LogP) is 6.33. The smallest absolute Gasteiger partial charge is 0.872 e. The van der Waals surface area contributed by atoms with Crippen LogP contribution in [0.3, 0.4) is 0 Å². The van der Waals surface area contributed by atoms with Gasteiger partial charge in [-0.2, -0.15) is 0 Å². The average molecular weight is 721 g/mol. The van der Waals surface area contributed by atoms with Crippen molar-refractivity contribution >= 4 is 58.4 Å². The molecule has 9 heteroatoms. The summed E-state index contributed by atoms with van der Waals surface area (Å²) in [5.41, 5.74) is 3.51. The molecule has 3 aromatic carbocycles. The van der Waals surface area contributed by atoms with Crippen LogP contribution >= 0.6 is 23.2 Å². The van der Waals surface area contributed by atoms with E-state index in [0.29, 0.717) is 32.5 Å². The quantitative estimate of drug-likeness (QED) is 0.230. The standard InChI is InChI=1S/C28H32Cl2N4O2.Pt/c1-5-33(6-2)21-11-9-19(27(35)13-21)17-31-25-15-23(29)24(30)16-26(25)32-18-20-10-12-22(14-28(20)36)34(7-3)8-4;/h9-18,35-36H,5-8H2,1-4H3;/q;+2/p-2. The first-order valence-electron chi connectivity index (χ1n) is 12.0. The van der Waals surface area contributed by atoms with Crippen molar-refractivity contribution in [3.63, 3.8) is 0 Å². The van der Waals surface area contributed by atoms with Crippen LogP contribution in [0.1, 0.15) is 38.8 Å². The normalized spacial score (nSPS) is 11.2. The van der Waals surface area contributed by atoms with Crippen LogP contribution < -0.4 is 20.0 Å². The number of halogens is 2. The molecule has 0 unspecified atom stereocenters. The van der Waals surface area contributed by atoms with E-state index in [4.69, 9.17) is 23.2 Å². The Kier molecular flexibility index (Phi) is 12.0. The molecule has 0 bridgehead atoms. The van der Waals surface area contributed by atoms with Crippen LogP contribution in [0.4, 0.5) is 22.7 Å². The van der Waals surface area contributed by atoms with E-state index in [0.717, 1.165) is 37.6 Å². The predicted molar refractivity (Wildman–Crippen MR) is 150 cm³/mol. The summed E-state index contributed by atoms with van der Waals surface area (Å²) >= 11 is 12.4. The summed E-state index contributed by atoms with van der Waals surface area (Å²) in [6.07, 6.45) is 2.98. The van der Waals surface area contributed by atoms with Crippen molar-refractivity contribution in [1.82, 2.24) is 0 Å². The first kappa shape index (κ1) is 30.7. The van der Waals surface area contributed by atoms with Crippen LogP contribution in [-0.2, 0) is 21.1 Å². The molecule has 0 aliphatic heterocycles. The average Bonchev–Trinajstić information content (AvgIpc) is 2.86.